The molecule has 2 rings (SSSR count). The number of halogens is 1. The Bertz CT molecular complexity index is 638. The van der Waals surface area contributed by atoms with Gasteiger partial charge in [0.1, 0.15) is 12.2 Å². The zero-order valence-corrected chi connectivity index (χ0v) is 13.1. The van der Waals surface area contributed by atoms with Crippen molar-refractivity contribution in [3.63, 3.8) is 0 Å². The maximum absolute atomic E-state index is 11.8. The fraction of sp³-hybridized carbons (Fsp3) is 0.200. The van der Waals surface area contributed by atoms with E-state index in [1.165, 1.54) is 6.26 Å². The summed E-state index contributed by atoms with van der Waals surface area (Å²) in [6.07, 6.45) is 1.31. The molecule has 1 aromatic heterocycles. The molecule has 0 aliphatic carbocycles. The van der Waals surface area contributed by atoms with Gasteiger partial charge in [-0.1, -0.05) is 15.9 Å². The largest absolute Gasteiger partial charge is 0.467 e. The molecule has 2 aromatic rings. The number of benzene rings is 1. The van der Waals surface area contributed by atoms with E-state index in [4.69, 9.17) is 4.42 Å². The summed E-state index contributed by atoms with van der Waals surface area (Å²) >= 11 is 3.36. The minimum Gasteiger partial charge on any atom is -0.467 e. The molecule has 21 heavy (non-hydrogen) atoms. The van der Waals surface area contributed by atoms with Gasteiger partial charge in [0, 0.05) is 10.2 Å². The fourth-order valence-corrected chi connectivity index (χ4v) is 2.24. The van der Waals surface area contributed by atoms with Gasteiger partial charge in [0.05, 0.1) is 12.8 Å². The van der Waals surface area contributed by atoms with Crippen molar-refractivity contribution in [2.24, 2.45) is 0 Å². The third-order valence-corrected chi connectivity index (χ3v) is 3.32. The number of aryl methyl sites for hydroxylation is 1. The minimum absolute atomic E-state index is 0.226. The van der Waals surface area contributed by atoms with Gasteiger partial charge in [-0.3, -0.25) is 9.59 Å². The lowest BCUT2D eigenvalue weighted by Gasteiger charge is -2.08. The van der Waals surface area contributed by atoms with Crippen LogP contribution >= 0.6 is 15.9 Å². The number of carbonyl (C=O) groups excluding carboxylic acids is 2. The Morgan fingerprint density at radius 1 is 1.24 bits per heavy atom. The number of hydrogen-bond donors (Lipinski definition) is 2. The molecule has 5 nitrogen and oxygen atoms in total. The predicted octanol–water partition coefficient (Wildman–Crippen LogP) is 3.00. The van der Waals surface area contributed by atoms with Crippen LogP contribution in [0, 0.1) is 6.92 Å². The molecule has 1 heterocycles. The van der Waals surface area contributed by atoms with E-state index >= 15 is 0 Å². The summed E-state index contributed by atoms with van der Waals surface area (Å²) in [5.74, 6) is -0.0523. The molecule has 0 spiro atoms. The zero-order valence-electron chi connectivity index (χ0n) is 11.5. The van der Waals surface area contributed by atoms with E-state index < -0.39 is 0 Å². The van der Waals surface area contributed by atoms with Crippen molar-refractivity contribution in [3.8, 4) is 0 Å². The van der Waals surface area contributed by atoms with Crippen LogP contribution in [0.15, 0.2) is 45.5 Å². The first-order valence-corrected chi connectivity index (χ1v) is 7.19. The molecule has 0 radical (unpaired) electrons. The second-order valence-electron chi connectivity index (χ2n) is 4.54. The fourth-order valence-electron chi connectivity index (χ4n) is 1.77. The summed E-state index contributed by atoms with van der Waals surface area (Å²) in [5, 5.41) is 5.34. The lowest BCUT2D eigenvalue weighted by atomic mass is 10.2. The molecular weight excluding hydrogens is 336 g/mol. The third kappa shape index (κ3) is 4.75. The van der Waals surface area contributed by atoms with E-state index in [0.717, 1.165) is 10.0 Å². The van der Waals surface area contributed by atoms with Crippen molar-refractivity contribution >= 4 is 33.4 Å². The van der Waals surface area contributed by atoms with Gasteiger partial charge in [-0.2, -0.15) is 0 Å². The van der Waals surface area contributed by atoms with Crippen molar-refractivity contribution in [2.45, 2.75) is 19.9 Å². The first kappa shape index (κ1) is 15.3. The molecule has 2 N–H and O–H groups in total. The molecule has 2 amide bonds. The van der Waals surface area contributed by atoms with Crippen molar-refractivity contribution < 1.29 is 14.0 Å². The normalized spacial score (nSPS) is 10.2. The first-order chi connectivity index (χ1) is 10.0. The number of rotatable bonds is 5. The molecule has 0 saturated heterocycles. The Morgan fingerprint density at radius 2 is 2.05 bits per heavy atom. The SMILES string of the molecule is Cc1cc(Br)ccc1NC(=O)CC(=O)NCc1ccco1. The van der Waals surface area contributed by atoms with Crippen LogP contribution in [0.25, 0.3) is 0 Å². The van der Waals surface area contributed by atoms with Crippen molar-refractivity contribution in [1.29, 1.82) is 0 Å². The van der Waals surface area contributed by atoms with Gasteiger partial charge in [0.25, 0.3) is 0 Å². The Kier molecular flexibility index (Phi) is 5.16. The zero-order chi connectivity index (χ0) is 15.2. The molecule has 0 unspecified atom stereocenters. The highest BCUT2D eigenvalue weighted by Crippen LogP contribution is 2.20. The van der Waals surface area contributed by atoms with E-state index in [2.05, 4.69) is 26.6 Å². The van der Waals surface area contributed by atoms with Crippen LogP contribution < -0.4 is 10.6 Å². The van der Waals surface area contributed by atoms with Gasteiger partial charge >= 0.3 is 0 Å². The highest BCUT2D eigenvalue weighted by Gasteiger charge is 2.11. The highest BCUT2D eigenvalue weighted by atomic mass is 79.9. The number of carbonyl (C=O) groups is 2. The Balaban J connectivity index is 1.82. The monoisotopic (exact) mass is 350 g/mol. The van der Waals surface area contributed by atoms with Crippen LogP contribution in [-0.4, -0.2) is 11.8 Å². The molecule has 0 saturated carbocycles. The van der Waals surface area contributed by atoms with E-state index in [0.29, 0.717) is 11.4 Å². The second-order valence-corrected chi connectivity index (χ2v) is 5.46. The van der Waals surface area contributed by atoms with Gasteiger partial charge in [0.2, 0.25) is 11.8 Å². The van der Waals surface area contributed by atoms with Crippen LogP contribution in [0.4, 0.5) is 5.69 Å². The third-order valence-electron chi connectivity index (χ3n) is 2.82. The van der Waals surface area contributed by atoms with Crippen molar-refractivity contribution in [2.75, 3.05) is 5.32 Å². The van der Waals surface area contributed by atoms with E-state index in [-0.39, 0.29) is 24.8 Å². The topological polar surface area (TPSA) is 71.3 Å². The molecule has 0 bridgehead atoms. The summed E-state index contributed by atoms with van der Waals surface area (Å²) in [5.41, 5.74) is 1.62. The summed E-state index contributed by atoms with van der Waals surface area (Å²) in [6.45, 7) is 2.16. The van der Waals surface area contributed by atoms with Gasteiger partial charge in [-0.05, 0) is 42.8 Å². The van der Waals surface area contributed by atoms with E-state index in [9.17, 15) is 9.59 Å². The molecule has 0 aliphatic heterocycles. The Hall–Kier alpha value is -2.08. The molecule has 1 aromatic carbocycles. The highest BCUT2D eigenvalue weighted by molar-refractivity contribution is 9.10. The van der Waals surface area contributed by atoms with Crippen LogP contribution in [0.5, 0.6) is 0 Å². The van der Waals surface area contributed by atoms with E-state index in [1.54, 1.807) is 18.2 Å². The number of anilines is 1. The standard InChI is InChI=1S/C15H15BrN2O3/c1-10-7-11(16)4-5-13(10)18-15(20)8-14(19)17-9-12-3-2-6-21-12/h2-7H,8-9H2,1H3,(H,17,19)(H,18,20). The predicted molar refractivity (Wildman–Crippen MR) is 82.7 cm³/mol. The van der Waals surface area contributed by atoms with Gasteiger partial charge in [0.15, 0.2) is 0 Å². The van der Waals surface area contributed by atoms with Crippen LogP contribution in [0.3, 0.4) is 0 Å². The summed E-state index contributed by atoms with van der Waals surface area (Å²) in [6, 6.07) is 9.01. The Labute approximate surface area is 130 Å². The maximum Gasteiger partial charge on any atom is 0.233 e. The average Bonchev–Trinajstić information content (AvgIpc) is 2.93. The van der Waals surface area contributed by atoms with E-state index in [1.807, 2.05) is 19.1 Å². The van der Waals surface area contributed by atoms with Gasteiger partial charge < -0.3 is 15.1 Å². The molecule has 0 aliphatic rings. The van der Waals surface area contributed by atoms with Crippen LogP contribution in [-0.2, 0) is 16.1 Å². The van der Waals surface area contributed by atoms with Gasteiger partial charge in [-0.15, -0.1) is 0 Å². The second kappa shape index (κ2) is 7.08. The number of furan rings is 1. The summed E-state index contributed by atoms with van der Waals surface area (Å²) in [7, 11) is 0. The smallest absolute Gasteiger partial charge is 0.233 e. The molecule has 110 valence electrons. The summed E-state index contributed by atoms with van der Waals surface area (Å²) < 4.78 is 6.03. The molecule has 0 fully saturated rings. The quantitative estimate of drug-likeness (QED) is 0.814. The first-order valence-electron chi connectivity index (χ1n) is 6.39. The molecular formula is C15H15BrN2O3. The lowest BCUT2D eigenvalue weighted by Crippen LogP contribution is -2.27. The summed E-state index contributed by atoms with van der Waals surface area (Å²) in [4.78, 5) is 23.5. The van der Waals surface area contributed by atoms with Crippen molar-refractivity contribution in [3.05, 3.63) is 52.4 Å². The molecule has 6 heteroatoms. The number of hydrogen-bond acceptors (Lipinski definition) is 3. The van der Waals surface area contributed by atoms with Gasteiger partial charge in [-0.25, -0.2) is 0 Å². The van der Waals surface area contributed by atoms with Crippen molar-refractivity contribution in [1.82, 2.24) is 5.32 Å². The Morgan fingerprint density at radius 3 is 2.71 bits per heavy atom. The lowest BCUT2D eigenvalue weighted by molar-refractivity contribution is -0.127. The maximum atomic E-state index is 11.8. The number of amides is 2. The molecule has 0 atom stereocenters. The minimum atomic E-state index is -0.350. The average molecular weight is 351 g/mol. The van der Waals surface area contributed by atoms with Crippen LogP contribution in [0.2, 0.25) is 0 Å². The number of nitrogens with one attached hydrogen (secondary N) is 2. The van der Waals surface area contributed by atoms with Crippen LogP contribution in [0.1, 0.15) is 17.7 Å².